The highest BCUT2D eigenvalue weighted by Crippen LogP contribution is 2.18. The molecule has 0 saturated heterocycles. The van der Waals surface area contributed by atoms with E-state index in [4.69, 9.17) is 9.47 Å². The van der Waals surface area contributed by atoms with Crippen LogP contribution in [0.5, 0.6) is 5.75 Å². The van der Waals surface area contributed by atoms with Crippen LogP contribution in [0.2, 0.25) is 0 Å². The molecular weight excluding hydrogens is 280 g/mol. The summed E-state index contributed by atoms with van der Waals surface area (Å²) < 4.78 is 10.2. The van der Waals surface area contributed by atoms with Crippen LogP contribution in [0.25, 0.3) is 0 Å². The lowest BCUT2D eigenvalue weighted by atomic mass is 10.1. The molecule has 0 spiro atoms. The molecule has 0 fully saturated rings. The first-order chi connectivity index (χ1) is 9.21. The number of methoxy groups -OCH3 is 1. The fraction of sp³-hybridized carbons (Fsp3) is 0.308. The molecule has 0 aliphatic heterocycles. The van der Waals surface area contributed by atoms with E-state index in [0.29, 0.717) is 21.4 Å². The van der Waals surface area contributed by atoms with E-state index in [2.05, 4.69) is 20.6 Å². The van der Waals surface area contributed by atoms with Gasteiger partial charge in [0.05, 0.1) is 7.11 Å². The first-order valence-corrected chi connectivity index (χ1v) is 8.63. The molecule has 1 N–H and O–H groups in total. The van der Waals surface area contributed by atoms with Gasteiger partial charge in [-0.05, 0) is 32.5 Å². The van der Waals surface area contributed by atoms with Gasteiger partial charge in [-0.2, -0.15) is 0 Å². The normalized spacial score (nSPS) is 12.3. The smallest absolute Gasteiger partial charge is 0.323 e. The first kappa shape index (κ1) is 16.1. The van der Waals surface area contributed by atoms with E-state index in [0.717, 1.165) is 11.3 Å². The predicted molar refractivity (Wildman–Crippen MR) is 82.8 cm³/mol. The summed E-state index contributed by atoms with van der Waals surface area (Å²) in [4.78, 5) is 11.6. The molecular formula is C13H19NO3P2. The Morgan fingerprint density at radius 2 is 2.21 bits per heavy atom. The molecule has 0 amide bonds. The molecule has 1 aromatic carbocycles. The number of carbonyl (C=O) groups is 1. The van der Waals surface area contributed by atoms with Crippen molar-refractivity contribution in [3.05, 3.63) is 42.5 Å². The van der Waals surface area contributed by atoms with E-state index < -0.39 is 0 Å². The first-order valence-electron chi connectivity index (χ1n) is 5.82. The molecule has 0 bridgehead atoms. The van der Waals surface area contributed by atoms with Crippen molar-refractivity contribution in [1.29, 1.82) is 0 Å². The number of hydrogen-bond donors (Lipinski definition) is 1. The quantitative estimate of drug-likeness (QED) is 0.454. The maximum Gasteiger partial charge on any atom is 0.323 e. The summed E-state index contributed by atoms with van der Waals surface area (Å²) in [5, 5.41) is 3.10. The average Bonchev–Trinajstić information content (AvgIpc) is 2.45. The molecule has 4 nitrogen and oxygen atoms in total. The number of esters is 1. The zero-order valence-electron chi connectivity index (χ0n) is 10.9. The minimum atomic E-state index is -0.319. The van der Waals surface area contributed by atoms with Crippen LogP contribution in [0.1, 0.15) is 5.56 Å². The van der Waals surface area contributed by atoms with Crippen molar-refractivity contribution < 1.29 is 14.3 Å². The van der Waals surface area contributed by atoms with Gasteiger partial charge in [-0.1, -0.05) is 33.7 Å². The summed E-state index contributed by atoms with van der Waals surface area (Å²) in [6.45, 7) is 4.08. The molecule has 19 heavy (non-hydrogen) atoms. The number of carbonyl (C=O) groups excluding carboxylic acids is 1. The summed E-state index contributed by atoms with van der Waals surface area (Å²) in [7, 11) is 4.37. The van der Waals surface area contributed by atoms with Crippen LogP contribution in [0.3, 0.4) is 0 Å². The van der Waals surface area contributed by atoms with Crippen LogP contribution in [0.15, 0.2) is 36.9 Å². The lowest BCUT2D eigenvalue weighted by molar-refractivity contribution is -0.142. The van der Waals surface area contributed by atoms with Crippen LogP contribution < -0.4 is 9.82 Å². The van der Waals surface area contributed by atoms with Crippen LogP contribution in [-0.4, -0.2) is 25.7 Å². The Morgan fingerprint density at radius 3 is 2.74 bits per heavy atom. The number of hydrogen-bond acceptors (Lipinski definition) is 4. The summed E-state index contributed by atoms with van der Waals surface area (Å²) >= 11 is 0. The monoisotopic (exact) mass is 299 g/mol. The summed E-state index contributed by atoms with van der Waals surface area (Å²) in [6, 6.07) is 7.34. The van der Waals surface area contributed by atoms with Crippen molar-refractivity contribution in [2.75, 3.05) is 13.7 Å². The van der Waals surface area contributed by atoms with Gasteiger partial charge in [0.2, 0.25) is 0 Å². The fourth-order valence-corrected chi connectivity index (χ4v) is 2.57. The zero-order valence-corrected chi connectivity index (χ0v) is 13.0. The van der Waals surface area contributed by atoms with E-state index in [-0.39, 0.29) is 12.0 Å². The van der Waals surface area contributed by atoms with Gasteiger partial charge in [0.15, 0.2) is 0 Å². The molecule has 0 radical (unpaired) electrons. The predicted octanol–water partition coefficient (Wildman–Crippen LogP) is 2.31. The van der Waals surface area contributed by atoms with Crippen LogP contribution >= 0.6 is 17.3 Å². The molecule has 104 valence electrons. The molecule has 0 aliphatic carbocycles. The molecule has 1 aromatic rings. The number of ether oxygens (including phenoxy) is 2. The maximum atomic E-state index is 11.6. The molecule has 1 rings (SSSR count). The molecule has 6 heteroatoms. The third-order valence-electron chi connectivity index (χ3n) is 2.47. The zero-order chi connectivity index (χ0) is 14.1. The fourth-order valence-electron chi connectivity index (χ4n) is 1.55. The molecule has 0 aliphatic rings. The van der Waals surface area contributed by atoms with Gasteiger partial charge in [0.25, 0.3) is 0 Å². The second kappa shape index (κ2) is 9.03. The third-order valence-corrected chi connectivity index (χ3v) is 3.49. The Kier molecular flexibility index (Phi) is 7.66. The Hall–Kier alpha value is -0.950. The minimum Gasteiger partial charge on any atom is -0.490 e. The van der Waals surface area contributed by atoms with Gasteiger partial charge < -0.3 is 9.47 Å². The van der Waals surface area contributed by atoms with E-state index in [1.54, 1.807) is 6.08 Å². The van der Waals surface area contributed by atoms with Gasteiger partial charge in [-0.15, -0.1) is 0 Å². The Labute approximate surface area is 117 Å². The second-order valence-corrected chi connectivity index (χ2v) is 5.26. The third kappa shape index (κ3) is 5.69. The van der Waals surface area contributed by atoms with Gasteiger partial charge >= 0.3 is 5.97 Å². The highest BCUT2D eigenvalue weighted by Gasteiger charge is 2.18. The van der Waals surface area contributed by atoms with Gasteiger partial charge in [0.1, 0.15) is 18.4 Å². The average molecular weight is 299 g/mol. The Morgan fingerprint density at radius 1 is 1.53 bits per heavy atom. The van der Waals surface area contributed by atoms with E-state index in [1.807, 2.05) is 24.3 Å². The maximum absolute atomic E-state index is 11.6. The van der Waals surface area contributed by atoms with Crippen LogP contribution in [0.4, 0.5) is 0 Å². The highest BCUT2D eigenvalue weighted by atomic mass is 32.0. The molecule has 2 unspecified atom stereocenters. The van der Waals surface area contributed by atoms with Crippen molar-refractivity contribution in [1.82, 2.24) is 5.09 Å². The highest BCUT2D eigenvalue weighted by molar-refractivity contribution is 8.01. The van der Waals surface area contributed by atoms with Crippen LogP contribution in [-0.2, 0) is 16.0 Å². The van der Waals surface area contributed by atoms with Crippen molar-refractivity contribution >= 4 is 23.3 Å². The van der Waals surface area contributed by atoms with Gasteiger partial charge in [0, 0.05) is 0 Å². The minimum absolute atomic E-state index is 0.248. The lowest BCUT2D eigenvalue weighted by Gasteiger charge is -2.15. The topological polar surface area (TPSA) is 47.6 Å². The van der Waals surface area contributed by atoms with Crippen molar-refractivity contribution in [3.8, 4) is 5.75 Å². The van der Waals surface area contributed by atoms with Gasteiger partial charge in [-0.3, -0.25) is 9.88 Å². The number of nitrogens with one attached hydrogen (secondary N) is 1. The molecule has 0 aromatic heterocycles. The number of rotatable bonds is 8. The molecule has 0 saturated carbocycles. The standard InChI is InChI=1S/C13H19NO3P2/c1-3-8-17-11-6-4-10(5-7-11)9-12(14-19-18)13(15)16-2/h3-7,12,14,19H,1,8-9,18H2,2H3/t12-/m0/s1. The SMILES string of the molecule is C=CCOc1ccc(C[C@H](NPP)C(=O)OC)cc1. The Bertz CT molecular complexity index is 409. The van der Waals surface area contributed by atoms with Gasteiger partial charge in [-0.25, -0.2) is 0 Å². The van der Waals surface area contributed by atoms with Crippen molar-refractivity contribution in [3.63, 3.8) is 0 Å². The Balaban J connectivity index is 2.63. The van der Waals surface area contributed by atoms with E-state index in [9.17, 15) is 4.79 Å². The van der Waals surface area contributed by atoms with Crippen LogP contribution in [0, 0.1) is 0 Å². The van der Waals surface area contributed by atoms with E-state index >= 15 is 0 Å². The molecule has 3 atom stereocenters. The second-order valence-electron chi connectivity index (χ2n) is 3.81. The summed E-state index contributed by atoms with van der Waals surface area (Å²) in [6.07, 6.45) is 2.29. The summed E-state index contributed by atoms with van der Waals surface area (Å²) in [5.74, 6) is 0.543. The van der Waals surface area contributed by atoms with Crippen molar-refractivity contribution in [2.24, 2.45) is 0 Å². The number of benzene rings is 1. The summed E-state index contributed by atoms with van der Waals surface area (Å²) in [5.41, 5.74) is 1.05. The lowest BCUT2D eigenvalue weighted by Crippen LogP contribution is -2.34. The van der Waals surface area contributed by atoms with E-state index in [1.165, 1.54) is 7.11 Å². The largest absolute Gasteiger partial charge is 0.490 e. The van der Waals surface area contributed by atoms with Crippen molar-refractivity contribution in [2.45, 2.75) is 12.5 Å². The molecule has 0 heterocycles.